The third-order valence-corrected chi connectivity index (χ3v) is 2.22. The molecule has 0 heterocycles. The lowest BCUT2D eigenvalue weighted by Crippen LogP contribution is -2.01. The average molecular weight is 209 g/mol. The van der Waals surface area contributed by atoms with E-state index in [9.17, 15) is 0 Å². The Kier molecular flexibility index (Phi) is 4.98. The molecule has 1 aromatic rings. The third kappa shape index (κ3) is 3.44. The summed E-state index contributed by atoms with van der Waals surface area (Å²) in [6, 6.07) is 5.79. The molecule has 2 N–H and O–H groups in total. The van der Waals surface area contributed by atoms with Gasteiger partial charge < -0.3 is 15.2 Å². The highest BCUT2D eigenvalue weighted by molar-refractivity contribution is 5.42. The van der Waals surface area contributed by atoms with Crippen LogP contribution >= 0.6 is 0 Å². The molecule has 15 heavy (non-hydrogen) atoms. The smallest absolute Gasteiger partial charge is 0.161 e. The summed E-state index contributed by atoms with van der Waals surface area (Å²) in [6.45, 7) is 3.39. The third-order valence-electron chi connectivity index (χ3n) is 2.22. The van der Waals surface area contributed by atoms with Crippen molar-refractivity contribution in [2.24, 2.45) is 5.73 Å². The quantitative estimate of drug-likeness (QED) is 0.731. The lowest BCUT2D eigenvalue weighted by atomic mass is 10.2. The van der Waals surface area contributed by atoms with Crippen LogP contribution in [0.2, 0.25) is 0 Å². The van der Waals surface area contributed by atoms with Gasteiger partial charge in [0.05, 0.1) is 13.7 Å². The molecule has 0 bridgehead atoms. The molecule has 0 aliphatic carbocycles. The molecule has 1 aromatic carbocycles. The van der Waals surface area contributed by atoms with Crippen LogP contribution in [0.3, 0.4) is 0 Å². The van der Waals surface area contributed by atoms with E-state index in [-0.39, 0.29) is 0 Å². The molecule has 1 rings (SSSR count). The van der Waals surface area contributed by atoms with Crippen LogP contribution in [-0.2, 0) is 6.54 Å². The second kappa shape index (κ2) is 6.30. The molecule has 0 aliphatic rings. The van der Waals surface area contributed by atoms with Crippen molar-refractivity contribution < 1.29 is 9.47 Å². The van der Waals surface area contributed by atoms with Gasteiger partial charge in [-0.3, -0.25) is 0 Å². The lowest BCUT2D eigenvalue weighted by Gasteiger charge is -2.11. The lowest BCUT2D eigenvalue weighted by molar-refractivity contribution is 0.288. The van der Waals surface area contributed by atoms with Gasteiger partial charge in [0.15, 0.2) is 11.5 Å². The van der Waals surface area contributed by atoms with Gasteiger partial charge in [0.25, 0.3) is 0 Å². The second-order valence-electron chi connectivity index (χ2n) is 3.39. The number of ether oxygens (including phenoxy) is 2. The topological polar surface area (TPSA) is 44.5 Å². The summed E-state index contributed by atoms with van der Waals surface area (Å²) in [5.74, 6) is 1.55. The molecule has 0 aromatic heterocycles. The minimum atomic E-state index is 0.519. The van der Waals surface area contributed by atoms with E-state index in [0.717, 1.165) is 36.5 Å². The number of hydrogen-bond acceptors (Lipinski definition) is 3. The summed E-state index contributed by atoms with van der Waals surface area (Å²) in [6.07, 6.45) is 2.19. The van der Waals surface area contributed by atoms with Gasteiger partial charge in [0, 0.05) is 6.54 Å². The first-order valence-corrected chi connectivity index (χ1v) is 5.31. The highest BCUT2D eigenvalue weighted by Gasteiger charge is 2.04. The van der Waals surface area contributed by atoms with Crippen LogP contribution in [0, 0.1) is 0 Å². The molecular formula is C12H19NO2. The zero-order valence-electron chi connectivity index (χ0n) is 9.45. The van der Waals surface area contributed by atoms with Crippen LogP contribution in [0.4, 0.5) is 0 Å². The maximum atomic E-state index is 5.60. The Labute approximate surface area is 91.2 Å². The Bertz CT molecular complexity index is 300. The van der Waals surface area contributed by atoms with Gasteiger partial charge in [-0.15, -0.1) is 0 Å². The van der Waals surface area contributed by atoms with Gasteiger partial charge in [-0.05, 0) is 24.1 Å². The van der Waals surface area contributed by atoms with Crippen LogP contribution in [-0.4, -0.2) is 13.7 Å². The van der Waals surface area contributed by atoms with E-state index < -0.39 is 0 Å². The first kappa shape index (κ1) is 11.9. The molecule has 0 fully saturated rings. The minimum Gasteiger partial charge on any atom is -0.493 e. The van der Waals surface area contributed by atoms with Crippen molar-refractivity contribution in [1.82, 2.24) is 0 Å². The molecule has 0 saturated heterocycles. The summed E-state index contributed by atoms with van der Waals surface area (Å²) in [5.41, 5.74) is 6.60. The molecule has 3 nitrogen and oxygen atoms in total. The Balaban J connectivity index is 2.69. The number of nitrogens with two attached hydrogens (primary N) is 1. The Morgan fingerprint density at radius 3 is 2.67 bits per heavy atom. The molecule has 84 valence electrons. The van der Waals surface area contributed by atoms with Crippen LogP contribution in [0.5, 0.6) is 11.5 Å². The normalized spacial score (nSPS) is 10.1. The standard InChI is InChI=1S/C12H19NO2/c1-3-4-7-15-11-6-5-10(9-13)8-12(11)14-2/h5-6,8H,3-4,7,9,13H2,1-2H3. The van der Waals surface area contributed by atoms with Gasteiger partial charge in [0.2, 0.25) is 0 Å². The van der Waals surface area contributed by atoms with E-state index in [1.165, 1.54) is 0 Å². The van der Waals surface area contributed by atoms with Crippen molar-refractivity contribution in [3.63, 3.8) is 0 Å². The summed E-state index contributed by atoms with van der Waals surface area (Å²) < 4.78 is 10.8. The maximum absolute atomic E-state index is 5.60. The Morgan fingerprint density at radius 2 is 2.07 bits per heavy atom. The van der Waals surface area contributed by atoms with Crippen molar-refractivity contribution >= 4 is 0 Å². The molecule has 0 unspecified atom stereocenters. The van der Waals surface area contributed by atoms with Gasteiger partial charge in [-0.1, -0.05) is 19.4 Å². The molecule has 0 saturated carbocycles. The number of methoxy groups -OCH3 is 1. The fraction of sp³-hybridized carbons (Fsp3) is 0.500. The van der Waals surface area contributed by atoms with Gasteiger partial charge in [-0.25, -0.2) is 0 Å². The van der Waals surface area contributed by atoms with Gasteiger partial charge in [0.1, 0.15) is 0 Å². The highest BCUT2D eigenvalue weighted by Crippen LogP contribution is 2.27. The van der Waals surface area contributed by atoms with E-state index >= 15 is 0 Å². The van der Waals surface area contributed by atoms with E-state index in [2.05, 4.69) is 6.92 Å². The number of rotatable bonds is 6. The van der Waals surface area contributed by atoms with E-state index in [1.807, 2.05) is 18.2 Å². The number of unbranched alkanes of at least 4 members (excludes halogenated alkanes) is 1. The van der Waals surface area contributed by atoms with Gasteiger partial charge >= 0.3 is 0 Å². The summed E-state index contributed by atoms with van der Waals surface area (Å²) in [5, 5.41) is 0. The van der Waals surface area contributed by atoms with Crippen LogP contribution in [0.15, 0.2) is 18.2 Å². The first-order chi connectivity index (χ1) is 7.31. The summed E-state index contributed by atoms with van der Waals surface area (Å²) in [4.78, 5) is 0. The van der Waals surface area contributed by atoms with Crippen molar-refractivity contribution in [2.45, 2.75) is 26.3 Å². The van der Waals surface area contributed by atoms with E-state index in [4.69, 9.17) is 15.2 Å². The SMILES string of the molecule is CCCCOc1ccc(CN)cc1OC. The minimum absolute atomic E-state index is 0.519. The number of hydrogen-bond donors (Lipinski definition) is 1. The molecule has 0 radical (unpaired) electrons. The first-order valence-electron chi connectivity index (χ1n) is 5.31. The van der Waals surface area contributed by atoms with Crippen molar-refractivity contribution in [3.8, 4) is 11.5 Å². The Hall–Kier alpha value is -1.22. The van der Waals surface area contributed by atoms with E-state index in [1.54, 1.807) is 7.11 Å². The molecule has 0 amide bonds. The monoisotopic (exact) mass is 209 g/mol. The number of benzene rings is 1. The van der Waals surface area contributed by atoms with Crippen LogP contribution in [0.1, 0.15) is 25.3 Å². The van der Waals surface area contributed by atoms with E-state index in [0.29, 0.717) is 6.54 Å². The van der Waals surface area contributed by atoms with Crippen molar-refractivity contribution in [3.05, 3.63) is 23.8 Å². The van der Waals surface area contributed by atoms with Gasteiger partial charge in [-0.2, -0.15) is 0 Å². The maximum Gasteiger partial charge on any atom is 0.161 e. The zero-order valence-corrected chi connectivity index (χ0v) is 9.45. The Morgan fingerprint density at radius 1 is 1.27 bits per heavy atom. The predicted molar refractivity (Wildman–Crippen MR) is 61.3 cm³/mol. The molecule has 3 heteroatoms. The molecule has 0 spiro atoms. The second-order valence-corrected chi connectivity index (χ2v) is 3.39. The average Bonchev–Trinajstić information content (AvgIpc) is 2.29. The van der Waals surface area contributed by atoms with Crippen molar-refractivity contribution in [1.29, 1.82) is 0 Å². The van der Waals surface area contributed by atoms with Crippen molar-refractivity contribution in [2.75, 3.05) is 13.7 Å². The predicted octanol–water partition coefficient (Wildman–Crippen LogP) is 2.33. The molecule has 0 aliphatic heterocycles. The summed E-state index contributed by atoms with van der Waals surface area (Å²) in [7, 11) is 1.64. The summed E-state index contributed by atoms with van der Waals surface area (Å²) >= 11 is 0. The zero-order chi connectivity index (χ0) is 11.1. The van der Waals surface area contributed by atoms with Crippen LogP contribution in [0.25, 0.3) is 0 Å². The fourth-order valence-electron chi connectivity index (χ4n) is 1.28. The highest BCUT2D eigenvalue weighted by atomic mass is 16.5. The largest absolute Gasteiger partial charge is 0.493 e. The fourth-order valence-corrected chi connectivity index (χ4v) is 1.28. The van der Waals surface area contributed by atoms with Crippen LogP contribution < -0.4 is 15.2 Å². The molecular weight excluding hydrogens is 190 g/mol. The molecule has 0 atom stereocenters.